The van der Waals surface area contributed by atoms with E-state index < -0.39 is 17.5 Å². The van der Waals surface area contributed by atoms with Crippen molar-refractivity contribution >= 4 is 0 Å². The Morgan fingerprint density at radius 2 is 1.75 bits per heavy atom. The Bertz CT molecular complexity index is 412. The van der Waals surface area contributed by atoms with Crippen LogP contribution in [-0.2, 0) is 11.2 Å². The van der Waals surface area contributed by atoms with E-state index in [9.17, 15) is 13.2 Å². The highest BCUT2D eigenvalue weighted by Gasteiger charge is 2.11. The fraction of sp³-hybridized carbons (Fsp3) is 0.600. The van der Waals surface area contributed by atoms with Crippen LogP contribution in [0, 0.1) is 23.4 Å². The molecule has 1 unspecified atom stereocenters. The van der Waals surface area contributed by atoms with E-state index in [0.717, 1.165) is 32.0 Å². The largest absolute Gasteiger partial charge is 0.383 e. The number of hydrogen-bond acceptors (Lipinski definition) is 2. The Hall–Kier alpha value is -1.07. The molecule has 114 valence electrons. The van der Waals surface area contributed by atoms with E-state index in [4.69, 9.17) is 4.74 Å². The minimum atomic E-state index is -1.14. The molecule has 0 fully saturated rings. The number of rotatable bonds is 9. The number of aryl methyl sites for hydroxylation is 1. The highest BCUT2D eigenvalue weighted by Crippen LogP contribution is 2.18. The molecule has 0 aliphatic carbocycles. The Labute approximate surface area is 118 Å². The van der Waals surface area contributed by atoms with E-state index in [1.54, 1.807) is 7.11 Å². The third kappa shape index (κ3) is 5.92. The molecule has 1 aromatic rings. The van der Waals surface area contributed by atoms with Crippen LogP contribution in [0.25, 0.3) is 0 Å². The second kappa shape index (κ2) is 8.97. The van der Waals surface area contributed by atoms with Crippen molar-refractivity contribution in [3.8, 4) is 0 Å². The molecule has 1 atom stereocenters. The summed E-state index contributed by atoms with van der Waals surface area (Å²) >= 11 is 0. The van der Waals surface area contributed by atoms with Gasteiger partial charge in [0.2, 0.25) is 0 Å². The van der Waals surface area contributed by atoms with E-state index in [1.165, 1.54) is 0 Å². The molecule has 0 aromatic heterocycles. The van der Waals surface area contributed by atoms with Gasteiger partial charge in [0.1, 0.15) is 5.82 Å². The Morgan fingerprint density at radius 1 is 1.05 bits per heavy atom. The van der Waals surface area contributed by atoms with Crippen LogP contribution in [-0.4, -0.2) is 26.8 Å². The summed E-state index contributed by atoms with van der Waals surface area (Å²) in [5, 5.41) is 3.23. The normalized spacial score (nSPS) is 12.7. The van der Waals surface area contributed by atoms with Gasteiger partial charge in [-0.2, -0.15) is 0 Å². The van der Waals surface area contributed by atoms with Crippen LogP contribution < -0.4 is 5.32 Å². The first kappa shape index (κ1) is 17.0. The van der Waals surface area contributed by atoms with Crippen molar-refractivity contribution in [1.82, 2.24) is 5.32 Å². The third-order valence-corrected chi connectivity index (χ3v) is 3.29. The SMILES string of the molecule is COCCNCCC(C)CCc1cc(F)c(F)cc1F. The lowest BCUT2D eigenvalue weighted by Crippen LogP contribution is -2.21. The Kier molecular flexibility index (Phi) is 7.62. The lowest BCUT2D eigenvalue weighted by molar-refractivity contribution is 0.199. The maximum atomic E-state index is 13.4. The summed E-state index contributed by atoms with van der Waals surface area (Å²) in [6, 6.07) is 1.57. The molecule has 1 aromatic carbocycles. The summed E-state index contributed by atoms with van der Waals surface area (Å²) in [5.41, 5.74) is 0.239. The number of benzene rings is 1. The zero-order chi connectivity index (χ0) is 15.0. The summed E-state index contributed by atoms with van der Waals surface area (Å²) in [7, 11) is 1.65. The van der Waals surface area contributed by atoms with Crippen LogP contribution >= 0.6 is 0 Å². The van der Waals surface area contributed by atoms with Crippen molar-refractivity contribution in [1.29, 1.82) is 0 Å². The van der Waals surface area contributed by atoms with Gasteiger partial charge in [-0.15, -0.1) is 0 Å². The molecule has 5 heteroatoms. The van der Waals surface area contributed by atoms with Gasteiger partial charge in [-0.05, 0) is 43.4 Å². The lowest BCUT2D eigenvalue weighted by Gasteiger charge is -2.12. The molecule has 2 nitrogen and oxygen atoms in total. The minimum Gasteiger partial charge on any atom is -0.383 e. The average molecular weight is 289 g/mol. The molecule has 0 aliphatic rings. The van der Waals surface area contributed by atoms with Crippen molar-refractivity contribution in [3.63, 3.8) is 0 Å². The predicted molar refractivity (Wildman–Crippen MR) is 73.2 cm³/mol. The second-order valence-corrected chi connectivity index (χ2v) is 5.03. The topological polar surface area (TPSA) is 21.3 Å². The number of ether oxygens (including phenoxy) is 1. The van der Waals surface area contributed by atoms with Gasteiger partial charge in [0, 0.05) is 19.7 Å². The number of hydrogen-bond donors (Lipinski definition) is 1. The van der Waals surface area contributed by atoms with Crippen LogP contribution in [0.3, 0.4) is 0 Å². The third-order valence-electron chi connectivity index (χ3n) is 3.29. The first-order valence-corrected chi connectivity index (χ1v) is 6.87. The van der Waals surface area contributed by atoms with Crippen molar-refractivity contribution in [3.05, 3.63) is 35.1 Å². The van der Waals surface area contributed by atoms with E-state index in [0.29, 0.717) is 25.0 Å². The molecule has 0 heterocycles. The maximum absolute atomic E-state index is 13.4. The van der Waals surface area contributed by atoms with Crippen molar-refractivity contribution in [2.24, 2.45) is 5.92 Å². The molecule has 0 aliphatic heterocycles. The van der Waals surface area contributed by atoms with Crippen LogP contribution in [0.5, 0.6) is 0 Å². The smallest absolute Gasteiger partial charge is 0.161 e. The molecular formula is C15H22F3NO. The molecule has 1 rings (SSSR count). The fourth-order valence-corrected chi connectivity index (χ4v) is 1.95. The van der Waals surface area contributed by atoms with Crippen LogP contribution in [0.4, 0.5) is 13.2 Å². The number of methoxy groups -OCH3 is 1. The van der Waals surface area contributed by atoms with Crippen molar-refractivity contribution in [2.75, 3.05) is 26.8 Å². The highest BCUT2D eigenvalue weighted by molar-refractivity contribution is 5.20. The van der Waals surface area contributed by atoms with E-state index in [1.807, 2.05) is 0 Å². The van der Waals surface area contributed by atoms with Gasteiger partial charge in [-0.1, -0.05) is 6.92 Å². The quantitative estimate of drug-likeness (QED) is 0.556. The van der Waals surface area contributed by atoms with Gasteiger partial charge in [0.15, 0.2) is 11.6 Å². The summed E-state index contributed by atoms with van der Waals surface area (Å²) < 4.78 is 44.2. The van der Waals surface area contributed by atoms with Crippen molar-refractivity contribution in [2.45, 2.75) is 26.2 Å². The fourth-order valence-electron chi connectivity index (χ4n) is 1.95. The molecule has 1 N–H and O–H groups in total. The first-order chi connectivity index (χ1) is 9.54. The number of halogens is 3. The molecule has 0 spiro atoms. The van der Waals surface area contributed by atoms with Gasteiger partial charge < -0.3 is 10.1 Å². The van der Waals surface area contributed by atoms with Crippen LogP contribution in [0.15, 0.2) is 12.1 Å². The standard InChI is InChI=1S/C15H22F3NO/c1-11(5-6-19-7-8-20-2)3-4-12-9-14(17)15(18)10-13(12)16/h9-11,19H,3-8H2,1-2H3. The second-order valence-electron chi connectivity index (χ2n) is 5.03. The summed E-state index contributed by atoms with van der Waals surface area (Å²) in [5.74, 6) is -2.41. The van der Waals surface area contributed by atoms with Gasteiger partial charge in [-0.25, -0.2) is 13.2 Å². The molecule has 0 saturated heterocycles. The average Bonchev–Trinajstić information content (AvgIpc) is 2.41. The molecule has 20 heavy (non-hydrogen) atoms. The van der Waals surface area contributed by atoms with Crippen molar-refractivity contribution < 1.29 is 17.9 Å². The summed E-state index contributed by atoms with van der Waals surface area (Å²) in [6.07, 6.45) is 2.12. The molecule has 0 saturated carbocycles. The molecule has 0 amide bonds. The lowest BCUT2D eigenvalue weighted by atomic mass is 9.98. The minimum absolute atomic E-state index is 0.239. The van der Waals surface area contributed by atoms with E-state index in [2.05, 4.69) is 12.2 Å². The molecule has 0 bridgehead atoms. The van der Waals surface area contributed by atoms with Crippen LogP contribution in [0.2, 0.25) is 0 Å². The summed E-state index contributed by atoms with van der Waals surface area (Å²) in [4.78, 5) is 0. The molecule has 0 radical (unpaired) electrons. The van der Waals surface area contributed by atoms with Gasteiger partial charge in [0.25, 0.3) is 0 Å². The first-order valence-electron chi connectivity index (χ1n) is 6.87. The Morgan fingerprint density at radius 3 is 2.45 bits per heavy atom. The predicted octanol–water partition coefficient (Wildman–Crippen LogP) is 3.30. The van der Waals surface area contributed by atoms with Gasteiger partial charge >= 0.3 is 0 Å². The Balaban J connectivity index is 2.30. The van der Waals surface area contributed by atoms with Crippen LogP contribution in [0.1, 0.15) is 25.3 Å². The van der Waals surface area contributed by atoms with Gasteiger partial charge in [-0.3, -0.25) is 0 Å². The zero-order valence-corrected chi connectivity index (χ0v) is 12.0. The highest BCUT2D eigenvalue weighted by atomic mass is 19.2. The monoisotopic (exact) mass is 289 g/mol. The zero-order valence-electron chi connectivity index (χ0n) is 12.0. The summed E-state index contributed by atoms with van der Waals surface area (Å²) in [6.45, 7) is 4.41. The van der Waals surface area contributed by atoms with E-state index in [-0.39, 0.29) is 5.56 Å². The molecular weight excluding hydrogens is 267 g/mol. The maximum Gasteiger partial charge on any atom is 0.161 e. The van der Waals surface area contributed by atoms with Gasteiger partial charge in [0.05, 0.1) is 6.61 Å². The number of nitrogens with one attached hydrogen (secondary N) is 1. The van der Waals surface area contributed by atoms with E-state index >= 15 is 0 Å².